The van der Waals surface area contributed by atoms with Crippen LogP contribution in [0, 0.1) is 0 Å². The molecule has 0 unspecified atom stereocenters. The second-order valence-corrected chi connectivity index (χ2v) is 6.39. The van der Waals surface area contributed by atoms with Gasteiger partial charge in [-0.25, -0.2) is 4.68 Å². The van der Waals surface area contributed by atoms with Crippen molar-refractivity contribution in [2.45, 2.75) is 13.8 Å². The molecule has 1 aromatic rings. The van der Waals surface area contributed by atoms with Gasteiger partial charge in [-0.05, 0) is 29.8 Å². The first kappa shape index (κ1) is 17.9. The van der Waals surface area contributed by atoms with Crippen LogP contribution in [0.2, 0.25) is 0 Å². The average Bonchev–Trinajstić information content (AvgIpc) is 2.55. The van der Waals surface area contributed by atoms with Crippen LogP contribution in [0.15, 0.2) is 15.5 Å². The van der Waals surface area contributed by atoms with Crippen LogP contribution >= 0.6 is 15.9 Å². The number of likely N-dealkylation sites (N-methyl/N-ethyl adjacent to an activating group) is 1. The van der Waals surface area contributed by atoms with Gasteiger partial charge in [0.1, 0.15) is 4.47 Å². The van der Waals surface area contributed by atoms with Crippen LogP contribution in [0.5, 0.6) is 0 Å². The van der Waals surface area contributed by atoms with E-state index in [1.54, 1.807) is 13.2 Å². The van der Waals surface area contributed by atoms with Gasteiger partial charge in [-0.2, -0.15) is 5.10 Å². The Bertz CT molecular complexity index is 606. The molecule has 1 amide bonds. The first-order valence-corrected chi connectivity index (χ1v) is 8.74. The van der Waals surface area contributed by atoms with Crippen LogP contribution in [-0.2, 0) is 11.8 Å². The van der Waals surface area contributed by atoms with Gasteiger partial charge in [-0.1, -0.05) is 0 Å². The molecule has 0 radical (unpaired) electrons. The average molecular weight is 386 g/mol. The maximum Gasteiger partial charge on any atom is 0.282 e. The highest BCUT2D eigenvalue weighted by Gasteiger charge is 2.23. The first-order valence-electron chi connectivity index (χ1n) is 7.94. The zero-order valence-electron chi connectivity index (χ0n) is 14.0. The number of nitrogens with zero attached hydrogens (tertiary/aromatic N) is 5. The molecule has 128 valence electrons. The molecular weight excluding hydrogens is 362 g/mol. The monoisotopic (exact) mass is 385 g/mol. The summed E-state index contributed by atoms with van der Waals surface area (Å²) in [6, 6.07) is 0. The van der Waals surface area contributed by atoms with Crippen molar-refractivity contribution >= 4 is 27.5 Å². The van der Waals surface area contributed by atoms with E-state index in [-0.39, 0.29) is 11.5 Å². The molecule has 8 heteroatoms. The minimum Gasteiger partial charge on any atom is -0.367 e. The Hall–Kier alpha value is -1.41. The van der Waals surface area contributed by atoms with Crippen LogP contribution in [0.3, 0.4) is 0 Å². The number of aryl methyl sites for hydroxylation is 1. The molecule has 7 nitrogen and oxygen atoms in total. The van der Waals surface area contributed by atoms with Crippen LogP contribution in [0.4, 0.5) is 5.69 Å². The lowest BCUT2D eigenvalue weighted by Crippen LogP contribution is -2.50. The minimum atomic E-state index is -0.137. The molecule has 1 aliphatic rings. The molecule has 1 aromatic heterocycles. The summed E-state index contributed by atoms with van der Waals surface area (Å²) in [7, 11) is 1.63. The van der Waals surface area contributed by atoms with Gasteiger partial charge in [-0.3, -0.25) is 14.5 Å². The summed E-state index contributed by atoms with van der Waals surface area (Å²) in [6.07, 6.45) is 1.71. The molecule has 0 N–H and O–H groups in total. The summed E-state index contributed by atoms with van der Waals surface area (Å²) in [5, 5.41) is 4.09. The maximum atomic E-state index is 12.2. The summed E-state index contributed by atoms with van der Waals surface area (Å²) >= 11 is 3.37. The molecule has 23 heavy (non-hydrogen) atoms. The van der Waals surface area contributed by atoms with Gasteiger partial charge >= 0.3 is 0 Å². The van der Waals surface area contributed by atoms with Gasteiger partial charge in [-0.15, -0.1) is 0 Å². The molecule has 0 saturated carbocycles. The van der Waals surface area contributed by atoms with Crippen LogP contribution in [0.25, 0.3) is 0 Å². The van der Waals surface area contributed by atoms with Gasteiger partial charge in [0.15, 0.2) is 0 Å². The molecule has 0 spiro atoms. The Kier molecular flexibility index (Phi) is 6.17. The maximum absolute atomic E-state index is 12.2. The van der Waals surface area contributed by atoms with Crippen LogP contribution in [-0.4, -0.2) is 71.3 Å². The van der Waals surface area contributed by atoms with Crippen molar-refractivity contribution in [1.82, 2.24) is 19.6 Å². The fourth-order valence-electron chi connectivity index (χ4n) is 2.74. The van der Waals surface area contributed by atoms with Gasteiger partial charge in [0.05, 0.1) is 18.4 Å². The predicted octanol–water partition coefficient (Wildman–Crippen LogP) is 0.533. The predicted molar refractivity (Wildman–Crippen MR) is 93.8 cm³/mol. The quantitative estimate of drug-likeness (QED) is 0.739. The molecule has 1 aliphatic heterocycles. The lowest BCUT2D eigenvalue weighted by Gasteiger charge is -2.36. The van der Waals surface area contributed by atoms with Crippen LogP contribution < -0.4 is 10.5 Å². The molecule has 1 fully saturated rings. The lowest BCUT2D eigenvalue weighted by atomic mass is 10.2. The molecule has 1 saturated heterocycles. The summed E-state index contributed by atoms with van der Waals surface area (Å²) in [6.45, 7) is 9.12. The largest absolute Gasteiger partial charge is 0.367 e. The minimum absolute atomic E-state index is 0.137. The zero-order chi connectivity index (χ0) is 17.0. The second kappa shape index (κ2) is 7.92. The van der Waals surface area contributed by atoms with Crippen molar-refractivity contribution in [2.24, 2.45) is 7.05 Å². The van der Waals surface area contributed by atoms with E-state index < -0.39 is 0 Å². The van der Waals surface area contributed by atoms with E-state index in [0.717, 1.165) is 45.0 Å². The topological polar surface area (TPSA) is 61.7 Å². The summed E-state index contributed by atoms with van der Waals surface area (Å²) in [4.78, 5) is 30.3. The van der Waals surface area contributed by atoms with Crippen LogP contribution in [0.1, 0.15) is 13.8 Å². The molecule has 0 bridgehead atoms. The standard InChI is InChI=1S/C15H24BrN5O2/c1-4-20(5-2)13(22)11-19-6-8-21(9-7-19)12-10-17-18(3)15(23)14(12)16/h10H,4-9,11H2,1-3H3. The Labute approximate surface area is 145 Å². The second-order valence-electron chi connectivity index (χ2n) is 5.60. The van der Waals surface area contributed by atoms with Crippen molar-refractivity contribution in [3.8, 4) is 0 Å². The number of halogens is 1. The number of aromatic nitrogens is 2. The van der Waals surface area contributed by atoms with E-state index in [9.17, 15) is 9.59 Å². The summed E-state index contributed by atoms with van der Waals surface area (Å²) in [5.41, 5.74) is 0.685. The van der Waals surface area contributed by atoms with Gasteiger partial charge < -0.3 is 9.80 Å². The summed E-state index contributed by atoms with van der Waals surface area (Å²) in [5.74, 6) is 0.180. The number of hydrogen-bond donors (Lipinski definition) is 0. The van der Waals surface area contributed by atoms with Crippen molar-refractivity contribution < 1.29 is 4.79 Å². The highest BCUT2D eigenvalue weighted by Crippen LogP contribution is 2.22. The van der Waals surface area contributed by atoms with Crippen molar-refractivity contribution in [3.05, 3.63) is 21.0 Å². The zero-order valence-corrected chi connectivity index (χ0v) is 15.5. The Morgan fingerprint density at radius 2 is 1.87 bits per heavy atom. The van der Waals surface area contributed by atoms with Crippen molar-refractivity contribution in [3.63, 3.8) is 0 Å². The fourth-order valence-corrected chi connectivity index (χ4v) is 3.35. The number of piperazine rings is 1. The third kappa shape index (κ3) is 4.11. The van der Waals surface area contributed by atoms with Gasteiger partial charge in [0.2, 0.25) is 5.91 Å². The van der Waals surface area contributed by atoms with E-state index in [1.165, 1.54) is 4.68 Å². The molecule has 0 aromatic carbocycles. The van der Waals surface area contributed by atoms with E-state index in [0.29, 0.717) is 11.0 Å². The van der Waals surface area contributed by atoms with E-state index in [1.807, 2.05) is 18.7 Å². The van der Waals surface area contributed by atoms with E-state index in [2.05, 4.69) is 30.8 Å². The van der Waals surface area contributed by atoms with Gasteiger partial charge in [0.25, 0.3) is 5.56 Å². The SMILES string of the molecule is CCN(CC)C(=O)CN1CCN(c2cnn(C)c(=O)c2Br)CC1. The van der Waals surface area contributed by atoms with Crippen molar-refractivity contribution in [1.29, 1.82) is 0 Å². The van der Waals surface area contributed by atoms with Gasteiger partial charge in [0, 0.05) is 46.3 Å². The fraction of sp³-hybridized carbons (Fsp3) is 0.667. The Balaban J connectivity index is 1.95. The molecule has 0 aliphatic carbocycles. The number of rotatable bonds is 5. The molecule has 0 atom stereocenters. The number of carbonyl (C=O) groups excluding carboxylic acids is 1. The van der Waals surface area contributed by atoms with E-state index >= 15 is 0 Å². The number of amides is 1. The normalized spacial score (nSPS) is 15.7. The Morgan fingerprint density at radius 3 is 2.43 bits per heavy atom. The third-order valence-corrected chi connectivity index (χ3v) is 4.99. The molecule has 2 heterocycles. The highest BCUT2D eigenvalue weighted by molar-refractivity contribution is 9.10. The van der Waals surface area contributed by atoms with E-state index in [4.69, 9.17) is 0 Å². The number of anilines is 1. The highest BCUT2D eigenvalue weighted by atomic mass is 79.9. The smallest absolute Gasteiger partial charge is 0.282 e. The first-order chi connectivity index (χ1) is 11.0. The number of carbonyl (C=O) groups is 1. The lowest BCUT2D eigenvalue weighted by molar-refractivity contribution is -0.132. The number of hydrogen-bond acceptors (Lipinski definition) is 5. The molecular formula is C15H24BrN5O2. The molecule has 2 rings (SSSR count). The van der Waals surface area contributed by atoms with Crippen molar-refractivity contribution in [2.75, 3.05) is 50.7 Å². The Morgan fingerprint density at radius 1 is 1.26 bits per heavy atom. The third-order valence-electron chi connectivity index (χ3n) is 4.25. The summed E-state index contributed by atoms with van der Waals surface area (Å²) < 4.78 is 1.86.